The maximum Gasteiger partial charge on any atom is 0.156 e. The summed E-state index contributed by atoms with van der Waals surface area (Å²) in [5.74, 6) is 0.792. The number of rotatable bonds is 3. The van der Waals surface area contributed by atoms with Crippen LogP contribution >= 0.6 is 27.5 Å². The van der Waals surface area contributed by atoms with Crippen LogP contribution in [0.1, 0.15) is 12.8 Å². The highest BCUT2D eigenvalue weighted by Gasteiger charge is 2.17. The van der Waals surface area contributed by atoms with Gasteiger partial charge in [-0.05, 0) is 40.9 Å². The Morgan fingerprint density at radius 1 is 1.41 bits per heavy atom. The van der Waals surface area contributed by atoms with E-state index in [0.29, 0.717) is 11.1 Å². The lowest BCUT2D eigenvalue weighted by molar-refractivity contribution is 0.0904. The molecule has 0 atom stereocenters. The number of hydrogen-bond donors (Lipinski definition) is 1. The van der Waals surface area contributed by atoms with Crippen LogP contribution in [0.2, 0.25) is 5.02 Å². The molecule has 0 radical (unpaired) electrons. The topological polar surface area (TPSA) is 30.5 Å². The van der Waals surface area contributed by atoms with Crippen molar-refractivity contribution < 1.29 is 9.47 Å². The largest absolute Gasteiger partial charge is 0.493 e. The molecule has 2 rings (SSSR count). The predicted molar refractivity (Wildman–Crippen MR) is 73.2 cm³/mol. The molecule has 1 aromatic rings. The Kier molecular flexibility index (Phi) is 4.54. The molecule has 17 heavy (non-hydrogen) atoms. The van der Waals surface area contributed by atoms with Gasteiger partial charge in [-0.3, -0.25) is 0 Å². The van der Waals surface area contributed by atoms with Crippen molar-refractivity contribution in [1.82, 2.24) is 0 Å². The molecule has 1 aromatic carbocycles. The van der Waals surface area contributed by atoms with E-state index in [1.165, 1.54) is 0 Å². The van der Waals surface area contributed by atoms with E-state index in [4.69, 9.17) is 21.1 Å². The minimum absolute atomic E-state index is 0.419. The SMILES string of the molecule is COc1c(Br)cc(Cl)cc1NC1CCOCC1. The molecule has 94 valence electrons. The minimum Gasteiger partial charge on any atom is -0.493 e. The van der Waals surface area contributed by atoms with Crippen LogP contribution in [0.25, 0.3) is 0 Å². The highest BCUT2D eigenvalue weighted by molar-refractivity contribution is 9.10. The molecule has 0 saturated carbocycles. The van der Waals surface area contributed by atoms with Crippen LogP contribution in [-0.2, 0) is 4.74 Å². The molecule has 1 aliphatic heterocycles. The Morgan fingerprint density at radius 3 is 2.76 bits per heavy atom. The van der Waals surface area contributed by atoms with Gasteiger partial charge in [0.25, 0.3) is 0 Å². The van der Waals surface area contributed by atoms with E-state index >= 15 is 0 Å². The molecule has 1 saturated heterocycles. The number of methoxy groups -OCH3 is 1. The van der Waals surface area contributed by atoms with E-state index in [9.17, 15) is 0 Å². The number of anilines is 1. The van der Waals surface area contributed by atoms with Crippen LogP contribution in [0.15, 0.2) is 16.6 Å². The Morgan fingerprint density at radius 2 is 2.12 bits per heavy atom. The molecule has 0 unspecified atom stereocenters. The van der Waals surface area contributed by atoms with E-state index in [1.807, 2.05) is 12.1 Å². The fourth-order valence-electron chi connectivity index (χ4n) is 1.94. The van der Waals surface area contributed by atoms with Gasteiger partial charge in [0, 0.05) is 24.3 Å². The summed E-state index contributed by atoms with van der Waals surface area (Å²) in [6.45, 7) is 1.61. The van der Waals surface area contributed by atoms with Crippen molar-refractivity contribution in [1.29, 1.82) is 0 Å². The van der Waals surface area contributed by atoms with Gasteiger partial charge in [0.2, 0.25) is 0 Å². The zero-order chi connectivity index (χ0) is 12.3. The van der Waals surface area contributed by atoms with Crippen LogP contribution in [0.3, 0.4) is 0 Å². The van der Waals surface area contributed by atoms with Gasteiger partial charge in [-0.25, -0.2) is 0 Å². The Hall–Kier alpha value is -0.450. The quantitative estimate of drug-likeness (QED) is 0.921. The Labute approximate surface area is 115 Å². The molecule has 3 nitrogen and oxygen atoms in total. The van der Waals surface area contributed by atoms with E-state index in [0.717, 1.165) is 42.0 Å². The third-order valence-electron chi connectivity index (χ3n) is 2.79. The number of benzene rings is 1. The van der Waals surface area contributed by atoms with Crippen molar-refractivity contribution in [2.45, 2.75) is 18.9 Å². The number of halogens is 2. The Balaban J connectivity index is 2.18. The maximum absolute atomic E-state index is 6.05. The highest BCUT2D eigenvalue weighted by atomic mass is 79.9. The first kappa shape index (κ1) is 13.0. The Bertz CT molecular complexity index is 394. The first-order valence-corrected chi connectivity index (χ1v) is 6.75. The molecule has 0 amide bonds. The fraction of sp³-hybridized carbons (Fsp3) is 0.500. The van der Waals surface area contributed by atoms with Gasteiger partial charge in [0.1, 0.15) is 0 Å². The molecular weight excluding hydrogens is 305 g/mol. The van der Waals surface area contributed by atoms with Crippen molar-refractivity contribution in [3.63, 3.8) is 0 Å². The third kappa shape index (κ3) is 3.27. The van der Waals surface area contributed by atoms with Crippen LogP contribution < -0.4 is 10.1 Å². The average Bonchev–Trinajstić information content (AvgIpc) is 2.30. The summed E-state index contributed by atoms with van der Waals surface area (Å²) in [7, 11) is 1.66. The summed E-state index contributed by atoms with van der Waals surface area (Å²) in [4.78, 5) is 0. The summed E-state index contributed by atoms with van der Waals surface area (Å²) < 4.78 is 11.6. The van der Waals surface area contributed by atoms with Gasteiger partial charge < -0.3 is 14.8 Å². The summed E-state index contributed by atoms with van der Waals surface area (Å²) in [6, 6.07) is 4.14. The zero-order valence-electron chi connectivity index (χ0n) is 9.63. The second-order valence-electron chi connectivity index (χ2n) is 4.00. The first-order valence-electron chi connectivity index (χ1n) is 5.58. The van der Waals surface area contributed by atoms with Crippen molar-refractivity contribution in [3.05, 3.63) is 21.6 Å². The molecule has 5 heteroatoms. The highest BCUT2D eigenvalue weighted by Crippen LogP contribution is 2.37. The van der Waals surface area contributed by atoms with E-state index < -0.39 is 0 Å². The first-order chi connectivity index (χ1) is 8.20. The van der Waals surface area contributed by atoms with Crippen LogP contribution in [0.5, 0.6) is 5.75 Å². The molecule has 1 aliphatic rings. The summed E-state index contributed by atoms with van der Waals surface area (Å²) in [5, 5.41) is 4.15. The lowest BCUT2D eigenvalue weighted by atomic mass is 10.1. The number of hydrogen-bond acceptors (Lipinski definition) is 3. The second kappa shape index (κ2) is 5.94. The maximum atomic E-state index is 6.05. The summed E-state index contributed by atoms with van der Waals surface area (Å²) >= 11 is 9.50. The van der Waals surface area contributed by atoms with Gasteiger partial charge >= 0.3 is 0 Å². The van der Waals surface area contributed by atoms with Crippen LogP contribution in [0.4, 0.5) is 5.69 Å². The van der Waals surface area contributed by atoms with E-state index in [1.54, 1.807) is 7.11 Å². The van der Waals surface area contributed by atoms with Crippen molar-refractivity contribution in [2.24, 2.45) is 0 Å². The smallest absolute Gasteiger partial charge is 0.156 e. The lowest BCUT2D eigenvalue weighted by Crippen LogP contribution is -2.28. The third-order valence-corrected chi connectivity index (χ3v) is 3.60. The molecular formula is C12H15BrClNO2. The monoisotopic (exact) mass is 319 g/mol. The number of ether oxygens (including phenoxy) is 2. The number of nitrogens with one attached hydrogen (secondary N) is 1. The van der Waals surface area contributed by atoms with Gasteiger partial charge in [-0.1, -0.05) is 11.6 Å². The molecule has 0 spiro atoms. The van der Waals surface area contributed by atoms with E-state index in [2.05, 4.69) is 21.2 Å². The molecule has 0 bridgehead atoms. The van der Waals surface area contributed by atoms with Gasteiger partial charge in [0.15, 0.2) is 5.75 Å². The molecule has 0 aromatic heterocycles. The van der Waals surface area contributed by atoms with Crippen LogP contribution in [0, 0.1) is 0 Å². The van der Waals surface area contributed by atoms with Crippen LogP contribution in [-0.4, -0.2) is 26.4 Å². The van der Waals surface area contributed by atoms with Crippen molar-refractivity contribution in [3.8, 4) is 5.75 Å². The van der Waals surface area contributed by atoms with E-state index in [-0.39, 0.29) is 0 Å². The molecule has 1 heterocycles. The van der Waals surface area contributed by atoms with Gasteiger partial charge in [-0.15, -0.1) is 0 Å². The van der Waals surface area contributed by atoms with Crippen molar-refractivity contribution >= 4 is 33.2 Å². The van der Waals surface area contributed by atoms with Gasteiger partial charge in [-0.2, -0.15) is 0 Å². The average molecular weight is 321 g/mol. The molecule has 1 N–H and O–H groups in total. The summed E-state index contributed by atoms with van der Waals surface area (Å²) in [6.07, 6.45) is 2.01. The van der Waals surface area contributed by atoms with Gasteiger partial charge in [0.05, 0.1) is 17.3 Å². The van der Waals surface area contributed by atoms with Crippen molar-refractivity contribution in [2.75, 3.05) is 25.6 Å². The molecule has 0 aliphatic carbocycles. The zero-order valence-corrected chi connectivity index (χ0v) is 12.0. The minimum atomic E-state index is 0.419. The molecule has 1 fully saturated rings. The predicted octanol–water partition coefficient (Wildman–Crippen LogP) is 3.70. The fourth-order valence-corrected chi connectivity index (χ4v) is 2.91. The summed E-state index contributed by atoms with van der Waals surface area (Å²) in [5.41, 5.74) is 0.929. The standard InChI is InChI=1S/C12H15BrClNO2/c1-16-12-10(13)6-8(14)7-11(12)15-9-2-4-17-5-3-9/h6-7,9,15H,2-5H2,1H3. The lowest BCUT2D eigenvalue weighted by Gasteiger charge is -2.25. The second-order valence-corrected chi connectivity index (χ2v) is 5.29. The normalized spacial score (nSPS) is 16.9.